The predicted octanol–water partition coefficient (Wildman–Crippen LogP) is 4.14. The van der Waals surface area contributed by atoms with Crippen molar-refractivity contribution in [3.8, 4) is 11.1 Å². The number of halogens is 1. The molecule has 0 bridgehead atoms. The molecule has 112 valence electrons. The number of rotatable bonds is 3. The molecule has 0 unspecified atom stereocenters. The zero-order chi connectivity index (χ0) is 15.7. The average Bonchev–Trinajstić information content (AvgIpc) is 2.90. The van der Waals surface area contributed by atoms with Crippen molar-refractivity contribution in [2.45, 2.75) is 13.8 Å². The summed E-state index contributed by atoms with van der Waals surface area (Å²) in [5, 5.41) is 0.703. The zero-order valence-electron chi connectivity index (χ0n) is 12.3. The summed E-state index contributed by atoms with van der Waals surface area (Å²) < 4.78 is 6.82. The molecule has 3 rings (SSSR count). The van der Waals surface area contributed by atoms with Gasteiger partial charge in [-0.3, -0.25) is 0 Å². The maximum atomic E-state index is 11.8. The topological polar surface area (TPSA) is 43.6 Å². The Bertz CT molecular complexity index is 838. The van der Waals surface area contributed by atoms with E-state index in [1.54, 1.807) is 13.1 Å². The van der Waals surface area contributed by atoms with Gasteiger partial charge in [0, 0.05) is 23.0 Å². The summed E-state index contributed by atoms with van der Waals surface area (Å²) in [7, 11) is 0. The highest BCUT2D eigenvalue weighted by atomic mass is 35.5. The number of benzene rings is 1. The molecular weight excluding hydrogens is 300 g/mol. The molecule has 3 aromatic rings. The Kier molecular flexibility index (Phi) is 3.86. The van der Waals surface area contributed by atoms with E-state index in [0.29, 0.717) is 17.3 Å². The lowest BCUT2D eigenvalue weighted by Crippen LogP contribution is -2.04. The highest BCUT2D eigenvalue weighted by Gasteiger charge is 2.13. The fourth-order valence-corrected chi connectivity index (χ4v) is 2.49. The quantitative estimate of drug-likeness (QED) is 0.682. The molecule has 0 saturated carbocycles. The van der Waals surface area contributed by atoms with Gasteiger partial charge in [-0.2, -0.15) is 0 Å². The molecule has 2 heterocycles. The van der Waals surface area contributed by atoms with E-state index < -0.39 is 5.97 Å². The molecule has 0 saturated heterocycles. The van der Waals surface area contributed by atoms with E-state index >= 15 is 0 Å². The van der Waals surface area contributed by atoms with Gasteiger partial charge in [0.2, 0.25) is 0 Å². The molecular formula is C17H15ClN2O2. The van der Waals surface area contributed by atoms with Crippen LogP contribution >= 0.6 is 11.6 Å². The van der Waals surface area contributed by atoms with Crippen molar-refractivity contribution in [3.63, 3.8) is 0 Å². The first kappa shape index (κ1) is 14.6. The smallest absolute Gasteiger partial charge is 0.358 e. The molecule has 0 N–H and O–H groups in total. The van der Waals surface area contributed by atoms with Crippen LogP contribution in [0.5, 0.6) is 0 Å². The van der Waals surface area contributed by atoms with Crippen LogP contribution in [-0.2, 0) is 4.74 Å². The molecule has 0 atom stereocenters. The van der Waals surface area contributed by atoms with Gasteiger partial charge in [0.05, 0.1) is 6.61 Å². The SMILES string of the molecule is CCOC(=O)c1cn2cc(-c3ccc(Cl)cc3)c(C)cc2n1. The van der Waals surface area contributed by atoms with Crippen LogP contribution in [0.25, 0.3) is 16.8 Å². The van der Waals surface area contributed by atoms with Gasteiger partial charge in [-0.25, -0.2) is 9.78 Å². The largest absolute Gasteiger partial charge is 0.461 e. The fraction of sp³-hybridized carbons (Fsp3) is 0.176. The van der Waals surface area contributed by atoms with Gasteiger partial charge in [-0.15, -0.1) is 0 Å². The van der Waals surface area contributed by atoms with Crippen LogP contribution in [0.2, 0.25) is 5.02 Å². The molecule has 5 heteroatoms. The number of nitrogens with zero attached hydrogens (tertiary/aromatic N) is 2. The number of carbonyl (C=O) groups is 1. The Morgan fingerprint density at radius 1 is 1.27 bits per heavy atom. The van der Waals surface area contributed by atoms with Crippen molar-refractivity contribution in [1.29, 1.82) is 0 Å². The Hall–Kier alpha value is -2.33. The molecule has 22 heavy (non-hydrogen) atoms. The van der Waals surface area contributed by atoms with Gasteiger partial charge in [0.25, 0.3) is 0 Å². The monoisotopic (exact) mass is 314 g/mol. The van der Waals surface area contributed by atoms with Crippen molar-refractivity contribution < 1.29 is 9.53 Å². The third-order valence-corrected chi connectivity index (χ3v) is 3.69. The molecule has 2 aromatic heterocycles. The molecule has 0 spiro atoms. The molecule has 0 fully saturated rings. The van der Waals surface area contributed by atoms with Gasteiger partial charge in [0.1, 0.15) is 5.65 Å². The fourth-order valence-electron chi connectivity index (χ4n) is 2.37. The number of hydrogen-bond acceptors (Lipinski definition) is 3. The van der Waals surface area contributed by atoms with Crippen molar-refractivity contribution in [1.82, 2.24) is 9.38 Å². The van der Waals surface area contributed by atoms with E-state index in [4.69, 9.17) is 16.3 Å². The van der Waals surface area contributed by atoms with Crippen LogP contribution in [-0.4, -0.2) is 22.0 Å². The lowest BCUT2D eigenvalue weighted by atomic mass is 10.0. The summed E-state index contributed by atoms with van der Waals surface area (Å²) in [6.45, 7) is 4.13. The van der Waals surface area contributed by atoms with Crippen molar-refractivity contribution in [2.24, 2.45) is 0 Å². The van der Waals surface area contributed by atoms with Gasteiger partial charge < -0.3 is 9.14 Å². The Morgan fingerprint density at radius 2 is 2.00 bits per heavy atom. The average molecular weight is 315 g/mol. The van der Waals surface area contributed by atoms with E-state index in [0.717, 1.165) is 22.3 Å². The van der Waals surface area contributed by atoms with E-state index in [2.05, 4.69) is 4.98 Å². The highest BCUT2D eigenvalue weighted by molar-refractivity contribution is 6.30. The third kappa shape index (κ3) is 2.70. The third-order valence-electron chi connectivity index (χ3n) is 3.44. The first-order valence-corrected chi connectivity index (χ1v) is 7.38. The molecule has 0 amide bonds. The second-order valence-electron chi connectivity index (χ2n) is 4.99. The molecule has 4 nitrogen and oxygen atoms in total. The summed E-state index contributed by atoms with van der Waals surface area (Å²) >= 11 is 5.94. The van der Waals surface area contributed by atoms with Crippen molar-refractivity contribution >= 4 is 23.2 Å². The number of pyridine rings is 1. The normalized spacial score (nSPS) is 10.9. The number of carbonyl (C=O) groups excluding carboxylic acids is 1. The highest BCUT2D eigenvalue weighted by Crippen LogP contribution is 2.26. The predicted molar refractivity (Wildman–Crippen MR) is 86.3 cm³/mol. The lowest BCUT2D eigenvalue weighted by molar-refractivity contribution is 0.0520. The van der Waals surface area contributed by atoms with Crippen LogP contribution in [0.3, 0.4) is 0 Å². The second kappa shape index (κ2) is 5.81. The molecule has 1 aromatic carbocycles. The number of imidazole rings is 1. The number of aromatic nitrogens is 2. The van der Waals surface area contributed by atoms with Gasteiger partial charge in [-0.1, -0.05) is 23.7 Å². The van der Waals surface area contributed by atoms with Crippen LogP contribution < -0.4 is 0 Å². The van der Waals surface area contributed by atoms with Crippen LogP contribution in [0, 0.1) is 6.92 Å². The van der Waals surface area contributed by atoms with Crippen LogP contribution in [0.15, 0.2) is 42.7 Å². The number of esters is 1. The number of ether oxygens (including phenoxy) is 1. The van der Waals surface area contributed by atoms with E-state index in [-0.39, 0.29) is 0 Å². The summed E-state index contributed by atoms with van der Waals surface area (Å²) in [5.41, 5.74) is 4.25. The molecule has 0 aliphatic heterocycles. The number of hydrogen-bond donors (Lipinski definition) is 0. The first-order chi connectivity index (χ1) is 10.6. The summed E-state index contributed by atoms with van der Waals surface area (Å²) in [6, 6.07) is 9.61. The van der Waals surface area contributed by atoms with Gasteiger partial charge in [0.15, 0.2) is 5.69 Å². The van der Waals surface area contributed by atoms with E-state index in [9.17, 15) is 4.79 Å². The lowest BCUT2D eigenvalue weighted by Gasteiger charge is -2.07. The summed E-state index contributed by atoms with van der Waals surface area (Å²) in [5.74, 6) is -0.406. The minimum atomic E-state index is -0.406. The number of aryl methyl sites for hydroxylation is 1. The van der Waals surface area contributed by atoms with Crippen molar-refractivity contribution in [3.05, 3.63) is 59.0 Å². The Balaban J connectivity index is 2.07. The maximum Gasteiger partial charge on any atom is 0.358 e. The maximum absolute atomic E-state index is 11.8. The van der Waals surface area contributed by atoms with Crippen molar-refractivity contribution in [2.75, 3.05) is 6.61 Å². The Labute approximate surface area is 133 Å². The second-order valence-corrected chi connectivity index (χ2v) is 5.43. The zero-order valence-corrected chi connectivity index (χ0v) is 13.1. The molecule has 0 aliphatic carbocycles. The minimum absolute atomic E-state index is 0.314. The van der Waals surface area contributed by atoms with Crippen LogP contribution in [0.4, 0.5) is 0 Å². The minimum Gasteiger partial charge on any atom is -0.461 e. The van der Waals surface area contributed by atoms with E-state index in [1.165, 1.54) is 0 Å². The van der Waals surface area contributed by atoms with Gasteiger partial charge >= 0.3 is 5.97 Å². The van der Waals surface area contributed by atoms with Gasteiger partial charge in [-0.05, 0) is 43.2 Å². The summed E-state index contributed by atoms with van der Waals surface area (Å²) in [4.78, 5) is 16.1. The Morgan fingerprint density at radius 3 is 2.68 bits per heavy atom. The first-order valence-electron chi connectivity index (χ1n) is 7.01. The van der Waals surface area contributed by atoms with E-state index in [1.807, 2.05) is 47.9 Å². The molecule has 0 radical (unpaired) electrons. The summed E-state index contributed by atoms with van der Waals surface area (Å²) in [6.07, 6.45) is 3.65. The van der Waals surface area contributed by atoms with Crippen LogP contribution in [0.1, 0.15) is 23.0 Å². The number of fused-ring (bicyclic) bond motifs is 1. The standard InChI is InChI=1S/C17H15ClN2O2/c1-3-22-17(21)15-10-20-9-14(11(2)8-16(20)19-15)12-4-6-13(18)7-5-12/h4-10H,3H2,1-2H3. The molecule has 0 aliphatic rings.